The first kappa shape index (κ1) is 28.9. The predicted octanol–water partition coefficient (Wildman–Crippen LogP) is 7.85. The molecule has 0 unspecified atom stereocenters. The van der Waals surface area contributed by atoms with Crippen LogP contribution in [0, 0.1) is 0 Å². The lowest BCUT2D eigenvalue weighted by molar-refractivity contribution is -0.120. The number of carbonyl (C=O) groups excluding carboxylic acids is 1. The van der Waals surface area contributed by atoms with Crippen molar-refractivity contribution in [3.63, 3.8) is 0 Å². The van der Waals surface area contributed by atoms with E-state index in [1.807, 2.05) is 116 Å². The summed E-state index contributed by atoms with van der Waals surface area (Å²) in [5, 5.41) is 6.37. The van der Waals surface area contributed by atoms with Gasteiger partial charge in [-0.15, -0.1) is 0 Å². The van der Waals surface area contributed by atoms with Gasteiger partial charge in [-0.2, -0.15) is 5.10 Å². The van der Waals surface area contributed by atoms with Gasteiger partial charge in [-0.3, -0.25) is 4.79 Å². The second-order valence-corrected chi connectivity index (χ2v) is 10.5. The predicted molar refractivity (Wildman–Crippen MR) is 170 cm³/mol. The molecule has 0 aliphatic heterocycles. The van der Waals surface area contributed by atoms with E-state index in [0.29, 0.717) is 37.1 Å². The molecule has 0 radical (unpaired) electrons. The molecule has 5 rings (SSSR count). The van der Waals surface area contributed by atoms with Crippen LogP contribution in [0.4, 0.5) is 0 Å². The smallest absolute Gasteiger partial charge is 0.244 e. The van der Waals surface area contributed by atoms with Crippen LogP contribution >= 0.6 is 15.9 Å². The van der Waals surface area contributed by atoms with E-state index in [1.54, 1.807) is 6.21 Å². The standard InChI is InChI=1S/C35H31BrN2O4/c1-2-40-34-19-26(15-17-33(34)42-23-25-9-4-3-5-10-25)24-41-32-18-16-30(36)20-29(32)22-37-38-35(39)21-28-13-8-12-27-11-6-7-14-31(27)28/h3-20,22H,2,21,23-24H2,1H3,(H,38,39)/b37-22+. The highest BCUT2D eigenvalue weighted by Gasteiger charge is 2.10. The van der Waals surface area contributed by atoms with Gasteiger partial charge in [0.1, 0.15) is 19.0 Å². The largest absolute Gasteiger partial charge is 0.490 e. The Hall–Kier alpha value is -4.62. The van der Waals surface area contributed by atoms with Gasteiger partial charge in [0, 0.05) is 10.0 Å². The Balaban J connectivity index is 1.22. The molecule has 0 aliphatic carbocycles. The SMILES string of the molecule is CCOc1cc(COc2ccc(Br)cc2/C=N/NC(=O)Cc2cccc3ccccc23)ccc1OCc1ccccc1. The summed E-state index contributed by atoms with van der Waals surface area (Å²) >= 11 is 3.51. The lowest BCUT2D eigenvalue weighted by Gasteiger charge is -2.14. The summed E-state index contributed by atoms with van der Waals surface area (Å²) in [5.41, 5.74) is 6.34. The normalized spacial score (nSPS) is 11.0. The van der Waals surface area contributed by atoms with Crippen molar-refractivity contribution < 1.29 is 19.0 Å². The molecule has 212 valence electrons. The van der Waals surface area contributed by atoms with Crippen LogP contribution < -0.4 is 19.6 Å². The molecule has 0 aliphatic rings. The maximum Gasteiger partial charge on any atom is 0.244 e. The first-order valence-corrected chi connectivity index (χ1v) is 14.5. The van der Waals surface area contributed by atoms with Gasteiger partial charge in [0.05, 0.1) is 19.2 Å². The van der Waals surface area contributed by atoms with Crippen LogP contribution in [-0.2, 0) is 24.4 Å². The van der Waals surface area contributed by atoms with E-state index >= 15 is 0 Å². The van der Waals surface area contributed by atoms with Gasteiger partial charge < -0.3 is 14.2 Å². The van der Waals surface area contributed by atoms with Crippen LogP contribution in [-0.4, -0.2) is 18.7 Å². The van der Waals surface area contributed by atoms with Crippen molar-refractivity contribution in [2.75, 3.05) is 6.61 Å². The van der Waals surface area contributed by atoms with Gasteiger partial charge in [-0.25, -0.2) is 5.43 Å². The monoisotopic (exact) mass is 622 g/mol. The third-order valence-corrected chi connectivity index (χ3v) is 7.03. The third kappa shape index (κ3) is 7.77. The van der Waals surface area contributed by atoms with Crippen molar-refractivity contribution in [2.24, 2.45) is 5.10 Å². The molecule has 0 spiro atoms. The number of fused-ring (bicyclic) bond motifs is 1. The average Bonchev–Trinajstić information content (AvgIpc) is 3.01. The number of amides is 1. The molecule has 5 aromatic rings. The zero-order valence-corrected chi connectivity index (χ0v) is 24.8. The lowest BCUT2D eigenvalue weighted by atomic mass is 10.0. The van der Waals surface area contributed by atoms with Crippen molar-refractivity contribution in [3.8, 4) is 17.2 Å². The van der Waals surface area contributed by atoms with Crippen molar-refractivity contribution in [1.29, 1.82) is 0 Å². The molecule has 0 saturated heterocycles. The highest BCUT2D eigenvalue weighted by molar-refractivity contribution is 9.10. The quantitative estimate of drug-likeness (QED) is 0.114. The summed E-state index contributed by atoms with van der Waals surface area (Å²) in [6.45, 7) is 3.23. The molecule has 0 heterocycles. The van der Waals surface area contributed by atoms with Crippen molar-refractivity contribution in [1.82, 2.24) is 5.43 Å². The van der Waals surface area contributed by atoms with Crippen LogP contribution in [0.1, 0.15) is 29.2 Å². The molecular formula is C35H31BrN2O4. The van der Waals surface area contributed by atoms with E-state index in [4.69, 9.17) is 14.2 Å². The number of hydrogen-bond donors (Lipinski definition) is 1. The van der Waals surface area contributed by atoms with Crippen LogP contribution in [0.25, 0.3) is 10.8 Å². The Morgan fingerprint density at radius 3 is 2.36 bits per heavy atom. The minimum atomic E-state index is -0.196. The third-order valence-electron chi connectivity index (χ3n) is 6.54. The van der Waals surface area contributed by atoms with Gasteiger partial charge in [0.2, 0.25) is 5.91 Å². The van der Waals surface area contributed by atoms with Crippen molar-refractivity contribution in [3.05, 3.63) is 136 Å². The summed E-state index contributed by atoms with van der Waals surface area (Å²) in [7, 11) is 0. The summed E-state index contributed by atoms with van der Waals surface area (Å²) in [4.78, 5) is 12.7. The fourth-order valence-electron chi connectivity index (χ4n) is 4.51. The summed E-state index contributed by atoms with van der Waals surface area (Å²) in [6, 6.07) is 35.5. The molecule has 0 aromatic heterocycles. The number of hydrazone groups is 1. The maximum atomic E-state index is 12.7. The molecule has 0 fully saturated rings. The first-order valence-electron chi connectivity index (χ1n) is 13.7. The van der Waals surface area contributed by atoms with Gasteiger partial charge in [0.15, 0.2) is 11.5 Å². The highest BCUT2D eigenvalue weighted by Crippen LogP contribution is 2.30. The summed E-state index contributed by atoms with van der Waals surface area (Å²) < 4.78 is 18.9. The lowest BCUT2D eigenvalue weighted by Crippen LogP contribution is -2.20. The zero-order chi connectivity index (χ0) is 29.1. The fourth-order valence-corrected chi connectivity index (χ4v) is 4.89. The van der Waals surface area contributed by atoms with E-state index in [1.165, 1.54) is 0 Å². The highest BCUT2D eigenvalue weighted by atomic mass is 79.9. The number of ether oxygens (including phenoxy) is 3. The van der Waals surface area contributed by atoms with E-state index in [9.17, 15) is 4.79 Å². The number of rotatable bonds is 12. The molecule has 5 aromatic carbocycles. The van der Waals surface area contributed by atoms with E-state index in [2.05, 4.69) is 26.5 Å². The Kier molecular flexibility index (Phi) is 9.86. The molecule has 42 heavy (non-hydrogen) atoms. The van der Waals surface area contributed by atoms with E-state index < -0.39 is 0 Å². The average molecular weight is 624 g/mol. The zero-order valence-electron chi connectivity index (χ0n) is 23.3. The molecular weight excluding hydrogens is 592 g/mol. The molecule has 0 saturated carbocycles. The van der Waals surface area contributed by atoms with Gasteiger partial charge in [-0.1, -0.05) is 94.8 Å². The second kappa shape index (κ2) is 14.3. The van der Waals surface area contributed by atoms with Crippen LogP contribution in [0.3, 0.4) is 0 Å². The minimum Gasteiger partial charge on any atom is -0.490 e. The number of benzene rings is 5. The molecule has 0 atom stereocenters. The number of nitrogens with zero attached hydrogens (tertiary/aromatic N) is 1. The summed E-state index contributed by atoms with van der Waals surface area (Å²) in [6.07, 6.45) is 1.82. The molecule has 0 bridgehead atoms. The van der Waals surface area contributed by atoms with Gasteiger partial charge in [0.25, 0.3) is 0 Å². The van der Waals surface area contributed by atoms with Gasteiger partial charge >= 0.3 is 0 Å². The number of carbonyl (C=O) groups is 1. The molecule has 7 heteroatoms. The number of nitrogens with one attached hydrogen (secondary N) is 1. The van der Waals surface area contributed by atoms with Crippen LogP contribution in [0.15, 0.2) is 119 Å². The number of halogens is 1. The van der Waals surface area contributed by atoms with Crippen LogP contribution in [0.5, 0.6) is 17.2 Å². The summed E-state index contributed by atoms with van der Waals surface area (Å²) in [5.74, 6) is 1.78. The van der Waals surface area contributed by atoms with Gasteiger partial charge in [-0.05, 0) is 64.7 Å². The second-order valence-electron chi connectivity index (χ2n) is 9.57. The Morgan fingerprint density at radius 2 is 1.50 bits per heavy atom. The Bertz CT molecular complexity index is 1680. The fraction of sp³-hybridized carbons (Fsp3) is 0.143. The van der Waals surface area contributed by atoms with E-state index in [0.717, 1.165) is 37.5 Å². The van der Waals surface area contributed by atoms with Crippen LogP contribution in [0.2, 0.25) is 0 Å². The first-order chi connectivity index (χ1) is 20.6. The Labute approximate surface area is 254 Å². The van der Waals surface area contributed by atoms with E-state index in [-0.39, 0.29) is 12.3 Å². The maximum absolute atomic E-state index is 12.7. The minimum absolute atomic E-state index is 0.196. The van der Waals surface area contributed by atoms with Crippen molar-refractivity contribution in [2.45, 2.75) is 26.6 Å². The topological polar surface area (TPSA) is 69.2 Å². The molecule has 6 nitrogen and oxygen atoms in total. The Morgan fingerprint density at radius 1 is 0.762 bits per heavy atom. The molecule has 1 amide bonds. The molecule has 1 N–H and O–H groups in total. The number of hydrogen-bond acceptors (Lipinski definition) is 5. The van der Waals surface area contributed by atoms with Crippen molar-refractivity contribution >= 4 is 38.8 Å².